The van der Waals surface area contributed by atoms with Gasteiger partial charge in [0.15, 0.2) is 0 Å². The van der Waals surface area contributed by atoms with Crippen molar-refractivity contribution >= 4 is 30.8 Å². The quantitative estimate of drug-likeness (QED) is 0.689. The number of hydrogen-bond donors (Lipinski definition) is 3. The first kappa shape index (κ1) is 14.7. The molecule has 0 radical (unpaired) electrons. The number of H-pyrrole nitrogens is 1. The molecule has 0 bridgehead atoms. The van der Waals surface area contributed by atoms with Crippen molar-refractivity contribution in [1.82, 2.24) is 10.2 Å². The minimum Gasteiger partial charge on any atom is -0.480 e. The van der Waals surface area contributed by atoms with Crippen LogP contribution < -0.4 is 5.73 Å². The second-order valence-electron chi connectivity index (χ2n) is 2.23. The van der Waals surface area contributed by atoms with Crippen LogP contribution >= 0.6 is 24.8 Å². The Morgan fingerprint density at radius 2 is 2.31 bits per heavy atom. The van der Waals surface area contributed by atoms with E-state index < -0.39 is 12.0 Å². The molecule has 1 atom stereocenters. The molecule has 0 aliphatic carbocycles. The molecule has 0 unspecified atom stereocenters. The van der Waals surface area contributed by atoms with E-state index in [0.29, 0.717) is 0 Å². The standard InChI is InChI=1S/C6H9N3O2.2ClH/c7-5(6(10)11)3-4-1-2-8-9-4;;/h1-2,5H,3,7H2,(H,8,9)(H,10,11);2*1H/t5-;;/m0../s1. The second kappa shape index (κ2) is 6.71. The molecule has 0 saturated heterocycles. The van der Waals surface area contributed by atoms with E-state index in [2.05, 4.69) is 10.2 Å². The van der Waals surface area contributed by atoms with Gasteiger partial charge in [-0.3, -0.25) is 9.89 Å². The Morgan fingerprint density at radius 1 is 1.69 bits per heavy atom. The summed E-state index contributed by atoms with van der Waals surface area (Å²) in [4.78, 5) is 10.3. The summed E-state index contributed by atoms with van der Waals surface area (Å²) >= 11 is 0. The average Bonchev–Trinajstić information content (AvgIpc) is 2.39. The third kappa shape index (κ3) is 4.72. The predicted octanol–water partition coefficient (Wildman–Crippen LogP) is 0.208. The zero-order valence-electron chi connectivity index (χ0n) is 6.64. The second-order valence-corrected chi connectivity index (χ2v) is 2.23. The number of carboxylic acid groups (broad SMARTS) is 1. The number of aliphatic carboxylic acids is 1. The number of hydrogen-bond acceptors (Lipinski definition) is 3. The van der Waals surface area contributed by atoms with Crippen molar-refractivity contribution in [2.45, 2.75) is 12.5 Å². The fourth-order valence-electron chi connectivity index (χ4n) is 0.723. The van der Waals surface area contributed by atoms with Gasteiger partial charge < -0.3 is 10.8 Å². The number of halogens is 2. The van der Waals surface area contributed by atoms with E-state index in [0.717, 1.165) is 5.69 Å². The Balaban J connectivity index is 0. The molecule has 0 spiro atoms. The first-order chi connectivity index (χ1) is 5.20. The zero-order chi connectivity index (χ0) is 8.27. The highest BCUT2D eigenvalue weighted by Gasteiger charge is 2.11. The van der Waals surface area contributed by atoms with Crippen molar-refractivity contribution in [1.29, 1.82) is 0 Å². The van der Waals surface area contributed by atoms with Crippen LogP contribution in [0.15, 0.2) is 12.3 Å². The molecular weight excluding hydrogens is 217 g/mol. The summed E-state index contributed by atoms with van der Waals surface area (Å²) < 4.78 is 0. The number of nitrogens with one attached hydrogen (secondary N) is 1. The van der Waals surface area contributed by atoms with Gasteiger partial charge in [0.2, 0.25) is 0 Å². The number of aromatic nitrogens is 2. The third-order valence-electron chi connectivity index (χ3n) is 1.32. The molecule has 7 heteroatoms. The average molecular weight is 228 g/mol. The van der Waals surface area contributed by atoms with Crippen LogP contribution in [0.1, 0.15) is 5.69 Å². The van der Waals surface area contributed by atoms with Gasteiger partial charge in [0.05, 0.1) is 0 Å². The Labute approximate surface area is 87.5 Å². The lowest BCUT2D eigenvalue weighted by Crippen LogP contribution is -2.32. The zero-order valence-corrected chi connectivity index (χ0v) is 8.27. The molecule has 0 saturated carbocycles. The summed E-state index contributed by atoms with van der Waals surface area (Å²) in [5.74, 6) is -1.00. The van der Waals surface area contributed by atoms with Gasteiger partial charge in [0, 0.05) is 18.3 Å². The monoisotopic (exact) mass is 227 g/mol. The largest absolute Gasteiger partial charge is 0.480 e. The number of nitrogens with zero attached hydrogens (tertiary/aromatic N) is 1. The van der Waals surface area contributed by atoms with E-state index in [1.165, 1.54) is 0 Å². The van der Waals surface area contributed by atoms with Gasteiger partial charge in [-0.25, -0.2) is 0 Å². The van der Waals surface area contributed by atoms with E-state index in [1.807, 2.05) is 0 Å². The van der Waals surface area contributed by atoms with Gasteiger partial charge in [0.25, 0.3) is 0 Å². The van der Waals surface area contributed by atoms with Crippen molar-refractivity contribution in [3.63, 3.8) is 0 Å². The predicted molar refractivity (Wildman–Crippen MR) is 52.4 cm³/mol. The highest BCUT2D eigenvalue weighted by molar-refractivity contribution is 5.85. The van der Waals surface area contributed by atoms with Gasteiger partial charge in [-0.05, 0) is 6.07 Å². The Morgan fingerprint density at radius 3 is 2.69 bits per heavy atom. The van der Waals surface area contributed by atoms with E-state index in [1.54, 1.807) is 12.3 Å². The lowest BCUT2D eigenvalue weighted by Gasteiger charge is -2.02. The van der Waals surface area contributed by atoms with Crippen molar-refractivity contribution in [2.24, 2.45) is 5.73 Å². The topological polar surface area (TPSA) is 92.0 Å². The van der Waals surface area contributed by atoms with Crippen LogP contribution in [0.25, 0.3) is 0 Å². The summed E-state index contributed by atoms with van der Waals surface area (Å²) in [5, 5.41) is 14.7. The van der Waals surface area contributed by atoms with Crippen LogP contribution in [-0.2, 0) is 11.2 Å². The fourth-order valence-corrected chi connectivity index (χ4v) is 0.723. The van der Waals surface area contributed by atoms with Crippen LogP contribution in [0.3, 0.4) is 0 Å². The summed E-state index contributed by atoms with van der Waals surface area (Å²) in [6.07, 6.45) is 1.85. The number of rotatable bonds is 3. The maximum Gasteiger partial charge on any atom is 0.320 e. The van der Waals surface area contributed by atoms with Crippen LogP contribution in [0, 0.1) is 0 Å². The molecule has 1 aromatic rings. The first-order valence-corrected chi connectivity index (χ1v) is 3.17. The minimum absolute atomic E-state index is 0. The maximum atomic E-state index is 10.3. The van der Waals surface area contributed by atoms with Gasteiger partial charge in [-0.1, -0.05) is 0 Å². The fraction of sp³-hybridized carbons (Fsp3) is 0.333. The van der Waals surface area contributed by atoms with Crippen molar-refractivity contribution < 1.29 is 9.90 Å². The minimum atomic E-state index is -1.00. The lowest BCUT2D eigenvalue weighted by molar-refractivity contribution is -0.138. The molecule has 1 aromatic heterocycles. The molecule has 0 aromatic carbocycles. The Bertz CT molecular complexity index is 240. The highest BCUT2D eigenvalue weighted by Crippen LogP contribution is 1.95. The molecule has 76 valence electrons. The lowest BCUT2D eigenvalue weighted by atomic mass is 10.2. The molecule has 1 heterocycles. The number of carbonyl (C=O) groups is 1. The van der Waals surface area contributed by atoms with E-state index in [-0.39, 0.29) is 31.2 Å². The van der Waals surface area contributed by atoms with Crippen molar-refractivity contribution in [3.8, 4) is 0 Å². The van der Waals surface area contributed by atoms with Crippen molar-refractivity contribution in [3.05, 3.63) is 18.0 Å². The molecule has 13 heavy (non-hydrogen) atoms. The third-order valence-corrected chi connectivity index (χ3v) is 1.32. The Hall–Kier alpha value is -0.780. The normalized spacial score (nSPS) is 10.8. The van der Waals surface area contributed by atoms with Crippen LogP contribution in [-0.4, -0.2) is 27.3 Å². The highest BCUT2D eigenvalue weighted by atomic mass is 35.5. The van der Waals surface area contributed by atoms with Gasteiger partial charge >= 0.3 is 5.97 Å². The molecule has 0 aliphatic heterocycles. The maximum absolute atomic E-state index is 10.3. The van der Waals surface area contributed by atoms with Crippen LogP contribution in [0.5, 0.6) is 0 Å². The van der Waals surface area contributed by atoms with Crippen molar-refractivity contribution in [2.75, 3.05) is 0 Å². The van der Waals surface area contributed by atoms with Crippen LogP contribution in [0.2, 0.25) is 0 Å². The first-order valence-electron chi connectivity index (χ1n) is 3.17. The smallest absolute Gasteiger partial charge is 0.320 e. The molecule has 1 rings (SSSR count). The summed E-state index contributed by atoms with van der Waals surface area (Å²) in [6, 6.07) is 0.846. The number of carboxylic acids is 1. The number of nitrogens with two attached hydrogens (primary N) is 1. The van der Waals surface area contributed by atoms with Gasteiger partial charge in [-0.2, -0.15) is 5.10 Å². The molecule has 5 nitrogen and oxygen atoms in total. The van der Waals surface area contributed by atoms with E-state index >= 15 is 0 Å². The molecule has 0 amide bonds. The van der Waals surface area contributed by atoms with Gasteiger partial charge in [0.1, 0.15) is 6.04 Å². The van der Waals surface area contributed by atoms with E-state index in [4.69, 9.17) is 10.8 Å². The molecule has 0 aliphatic rings. The van der Waals surface area contributed by atoms with E-state index in [9.17, 15) is 4.79 Å². The Kier molecular flexibility index (Phi) is 7.60. The summed E-state index contributed by atoms with van der Waals surface area (Å²) in [7, 11) is 0. The summed E-state index contributed by atoms with van der Waals surface area (Å²) in [5.41, 5.74) is 6.00. The molecular formula is C6H11Cl2N3O2. The number of aromatic amines is 1. The SMILES string of the molecule is Cl.Cl.N[C@@H](Cc1ccn[nH]1)C(=O)O. The molecule has 0 fully saturated rings. The van der Waals surface area contributed by atoms with Gasteiger partial charge in [-0.15, -0.1) is 24.8 Å². The van der Waals surface area contributed by atoms with Crippen LogP contribution in [0.4, 0.5) is 0 Å². The molecule has 4 N–H and O–H groups in total. The summed E-state index contributed by atoms with van der Waals surface area (Å²) in [6.45, 7) is 0.